The molecular formula is C13H13ClIN3. The lowest BCUT2D eigenvalue weighted by Crippen LogP contribution is -2.03. The van der Waals surface area contributed by atoms with Crippen LogP contribution in [0.25, 0.3) is 0 Å². The van der Waals surface area contributed by atoms with Gasteiger partial charge in [0.2, 0.25) is 0 Å². The zero-order chi connectivity index (χ0) is 13.1. The number of hydrogen-bond donors (Lipinski definition) is 1. The topological polar surface area (TPSA) is 37.8 Å². The quantitative estimate of drug-likeness (QED) is 0.642. The van der Waals surface area contributed by atoms with Gasteiger partial charge in [0.05, 0.1) is 0 Å². The maximum Gasteiger partial charge on any atom is 0.138 e. The van der Waals surface area contributed by atoms with Gasteiger partial charge in [-0.2, -0.15) is 0 Å². The molecule has 0 aliphatic heterocycles. The Morgan fingerprint density at radius 3 is 2.50 bits per heavy atom. The fourth-order valence-electron chi connectivity index (χ4n) is 1.48. The van der Waals surface area contributed by atoms with Gasteiger partial charge in [0, 0.05) is 21.2 Å². The van der Waals surface area contributed by atoms with E-state index in [0.29, 0.717) is 5.15 Å². The summed E-state index contributed by atoms with van der Waals surface area (Å²) in [6.45, 7) is 3.92. The van der Waals surface area contributed by atoms with E-state index in [2.05, 4.69) is 37.9 Å². The summed E-state index contributed by atoms with van der Waals surface area (Å²) < 4.78 is 1.20. The minimum atomic E-state index is 0.509. The Bertz CT molecular complexity index is 555. The van der Waals surface area contributed by atoms with Crippen LogP contribution < -0.4 is 5.32 Å². The van der Waals surface area contributed by atoms with Crippen molar-refractivity contribution in [1.82, 2.24) is 9.97 Å². The first-order chi connectivity index (χ1) is 8.60. The molecular weight excluding hydrogens is 361 g/mol. The Morgan fingerprint density at radius 1 is 1.22 bits per heavy atom. The van der Waals surface area contributed by atoms with Crippen molar-refractivity contribution in [2.24, 2.45) is 0 Å². The second-order valence-corrected chi connectivity index (χ2v) is 5.49. The molecule has 1 aromatic carbocycles. The first kappa shape index (κ1) is 13.5. The fourth-order valence-corrected chi connectivity index (χ4v) is 2.03. The van der Waals surface area contributed by atoms with Crippen LogP contribution in [0.4, 0.5) is 11.5 Å². The standard InChI is InChI=1S/C13H13ClIN3/c1-3-11-17-12(14)8(2)13(18-11)16-10-6-4-9(15)5-7-10/h4-7H,3H2,1-2H3,(H,16,17,18). The van der Waals surface area contributed by atoms with E-state index in [1.54, 1.807) is 0 Å². The van der Waals surface area contributed by atoms with Crippen LogP contribution in [0.2, 0.25) is 5.15 Å². The maximum absolute atomic E-state index is 6.10. The highest BCUT2D eigenvalue weighted by molar-refractivity contribution is 14.1. The number of rotatable bonds is 3. The molecule has 0 aliphatic carbocycles. The number of nitrogens with zero attached hydrogens (tertiary/aromatic N) is 2. The molecule has 0 radical (unpaired) electrons. The Balaban J connectivity index is 2.33. The van der Waals surface area contributed by atoms with Gasteiger partial charge in [-0.1, -0.05) is 18.5 Å². The first-order valence-corrected chi connectivity index (χ1v) is 7.11. The third-order valence-corrected chi connectivity index (χ3v) is 3.64. The second kappa shape index (κ2) is 5.84. The van der Waals surface area contributed by atoms with Crippen LogP contribution >= 0.6 is 34.2 Å². The largest absolute Gasteiger partial charge is 0.340 e. The van der Waals surface area contributed by atoms with Crippen molar-refractivity contribution in [3.63, 3.8) is 0 Å². The van der Waals surface area contributed by atoms with Crippen LogP contribution in [-0.4, -0.2) is 9.97 Å². The van der Waals surface area contributed by atoms with Crippen LogP contribution in [0, 0.1) is 10.5 Å². The number of anilines is 2. The zero-order valence-electron chi connectivity index (χ0n) is 10.2. The average Bonchev–Trinajstić information content (AvgIpc) is 2.37. The summed E-state index contributed by atoms with van der Waals surface area (Å²) in [5.41, 5.74) is 1.86. The van der Waals surface area contributed by atoms with Crippen molar-refractivity contribution in [2.75, 3.05) is 5.32 Å². The van der Waals surface area contributed by atoms with Crippen molar-refractivity contribution in [1.29, 1.82) is 0 Å². The summed E-state index contributed by atoms with van der Waals surface area (Å²) in [4.78, 5) is 8.68. The van der Waals surface area contributed by atoms with E-state index < -0.39 is 0 Å². The molecule has 1 aromatic heterocycles. The zero-order valence-corrected chi connectivity index (χ0v) is 13.1. The third-order valence-electron chi connectivity index (χ3n) is 2.56. The van der Waals surface area contributed by atoms with E-state index in [1.807, 2.05) is 38.1 Å². The minimum Gasteiger partial charge on any atom is -0.340 e. The van der Waals surface area contributed by atoms with Crippen molar-refractivity contribution < 1.29 is 0 Å². The molecule has 0 unspecified atom stereocenters. The highest BCUT2D eigenvalue weighted by Gasteiger charge is 2.08. The molecule has 94 valence electrons. The molecule has 0 bridgehead atoms. The molecule has 0 saturated heterocycles. The summed E-state index contributed by atoms with van der Waals surface area (Å²) in [5, 5.41) is 3.79. The van der Waals surface area contributed by atoms with Crippen LogP contribution in [0.5, 0.6) is 0 Å². The van der Waals surface area contributed by atoms with E-state index in [-0.39, 0.29) is 0 Å². The molecule has 2 rings (SSSR count). The SMILES string of the molecule is CCc1nc(Cl)c(C)c(Nc2ccc(I)cc2)n1. The van der Waals surface area contributed by atoms with Gasteiger partial charge >= 0.3 is 0 Å². The van der Waals surface area contributed by atoms with Gasteiger partial charge in [0.15, 0.2) is 0 Å². The van der Waals surface area contributed by atoms with Gasteiger partial charge in [-0.05, 0) is 53.8 Å². The molecule has 0 spiro atoms. The highest BCUT2D eigenvalue weighted by Crippen LogP contribution is 2.24. The van der Waals surface area contributed by atoms with Crippen molar-refractivity contribution >= 4 is 45.7 Å². The van der Waals surface area contributed by atoms with Gasteiger partial charge in [-0.3, -0.25) is 0 Å². The molecule has 0 fully saturated rings. The first-order valence-electron chi connectivity index (χ1n) is 5.65. The molecule has 0 aliphatic rings. The molecule has 5 heteroatoms. The van der Waals surface area contributed by atoms with Crippen molar-refractivity contribution in [3.05, 3.63) is 44.4 Å². The van der Waals surface area contributed by atoms with Crippen LogP contribution in [0.3, 0.4) is 0 Å². The molecule has 1 heterocycles. The number of aryl methyl sites for hydroxylation is 1. The van der Waals surface area contributed by atoms with Gasteiger partial charge in [-0.15, -0.1) is 0 Å². The van der Waals surface area contributed by atoms with Gasteiger partial charge < -0.3 is 5.32 Å². The Kier molecular flexibility index (Phi) is 4.40. The number of halogens is 2. The normalized spacial score (nSPS) is 10.4. The lowest BCUT2D eigenvalue weighted by molar-refractivity contribution is 0.934. The van der Waals surface area contributed by atoms with E-state index in [4.69, 9.17) is 11.6 Å². The number of benzene rings is 1. The predicted octanol–water partition coefficient (Wildman–Crippen LogP) is 4.35. The van der Waals surface area contributed by atoms with Crippen LogP contribution in [0.15, 0.2) is 24.3 Å². The Morgan fingerprint density at radius 2 is 1.89 bits per heavy atom. The predicted molar refractivity (Wildman–Crippen MR) is 83.6 cm³/mol. The molecule has 0 saturated carbocycles. The summed E-state index contributed by atoms with van der Waals surface area (Å²) >= 11 is 8.37. The number of aromatic nitrogens is 2. The molecule has 3 nitrogen and oxygen atoms in total. The van der Waals surface area contributed by atoms with Crippen LogP contribution in [-0.2, 0) is 6.42 Å². The number of hydrogen-bond acceptors (Lipinski definition) is 3. The molecule has 18 heavy (non-hydrogen) atoms. The van der Waals surface area contributed by atoms with E-state index in [9.17, 15) is 0 Å². The van der Waals surface area contributed by atoms with E-state index in [0.717, 1.165) is 29.3 Å². The summed E-state index contributed by atoms with van der Waals surface area (Å²) in [5.74, 6) is 1.52. The lowest BCUT2D eigenvalue weighted by Gasteiger charge is -2.11. The highest BCUT2D eigenvalue weighted by atomic mass is 127. The fraction of sp³-hybridized carbons (Fsp3) is 0.231. The van der Waals surface area contributed by atoms with Gasteiger partial charge in [-0.25, -0.2) is 9.97 Å². The van der Waals surface area contributed by atoms with E-state index in [1.165, 1.54) is 3.57 Å². The average molecular weight is 374 g/mol. The van der Waals surface area contributed by atoms with Crippen molar-refractivity contribution in [3.8, 4) is 0 Å². The second-order valence-electron chi connectivity index (χ2n) is 3.89. The Hall–Kier alpha value is -0.880. The van der Waals surface area contributed by atoms with Gasteiger partial charge in [0.25, 0.3) is 0 Å². The lowest BCUT2D eigenvalue weighted by atomic mass is 10.3. The van der Waals surface area contributed by atoms with Crippen LogP contribution in [0.1, 0.15) is 18.3 Å². The minimum absolute atomic E-state index is 0.509. The third kappa shape index (κ3) is 3.11. The molecule has 2 aromatic rings. The van der Waals surface area contributed by atoms with Crippen molar-refractivity contribution in [2.45, 2.75) is 20.3 Å². The summed E-state index contributed by atoms with van der Waals surface area (Å²) in [6.07, 6.45) is 0.765. The summed E-state index contributed by atoms with van der Waals surface area (Å²) in [6, 6.07) is 8.12. The molecule has 0 amide bonds. The smallest absolute Gasteiger partial charge is 0.138 e. The van der Waals surface area contributed by atoms with Gasteiger partial charge in [0.1, 0.15) is 16.8 Å². The molecule has 0 atom stereocenters. The van der Waals surface area contributed by atoms with E-state index >= 15 is 0 Å². The number of nitrogens with one attached hydrogen (secondary N) is 1. The monoisotopic (exact) mass is 373 g/mol. The Labute approximate surface area is 125 Å². The maximum atomic E-state index is 6.10. The molecule has 1 N–H and O–H groups in total. The summed E-state index contributed by atoms with van der Waals surface area (Å²) in [7, 11) is 0.